The van der Waals surface area contributed by atoms with Crippen LogP contribution < -0.4 is 15.9 Å². The number of benzene rings is 1. The van der Waals surface area contributed by atoms with Crippen molar-refractivity contribution in [3.05, 3.63) is 67.3 Å². The van der Waals surface area contributed by atoms with Crippen molar-refractivity contribution in [2.45, 2.75) is 22.7 Å². The molecule has 2 aliphatic rings. The predicted octanol–water partition coefficient (Wildman–Crippen LogP) is 2.28. The zero-order valence-electron chi connectivity index (χ0n) is 16.8. The molecule has 4 heterocycles. The molecular weight excluding hydrogens is 484 g/mol. The maximum atomic E-state index is 13.0. The number of fused-ring (bicyclic) bond motifs is 2. The van der Waals surface area contributed by atoms with E-state index in [1.165, 1.54) is 15.9 Å². The number of hydrogen-bond acceptors (Lipinski definition) is 8. The van der Waals surface area contributed by atoms with Gasteiger partial charge in [-0.2, -0.15) is 4.90 Å². The molecule has 0 bridgehead atoms. The lowest BCUT2D eigenvalue weighted by Crippen LogP contribution is -2.41. The topological polar surface area (TPSA) is 132 Å². The molecule has 3 atom stereocenters. The summed E-state index contributed by atoms with van der Waals surface area (Å²) in [5.74, 6) is -3.20. The first kappa shape index (κ1) is 21.6. The highest BCUT2D eigenvalue weighted by Crippen LogP contribution is 2.53. The quantitative estimate of drug-likeness (QED) is 0.529. The summed E-state index contributed by atoms with van der Waals surface area (Å²) >= 11 is 3.38. The summed E-state index contributed by atoms with van der Waals surface area (Å²) in [6.07, 6.45) is 0. The number of thiazole rings is 1. The Morgan fingerprint density at radius 1 is 1.03 bits per heavy atom. The molecule has 5 rings (SSSR count). The van der Waals surface area contributed by atoms with Crippen molar-refractivity contribution in [3.63, 3.8) is 0 Å². The van der Waals surface area contributed by atoms with Gasteiger partial charge < -0.3 is 11.1 Å². The van der Waals surface area contributed by atoms with Gasteiger partial charge in [-0.05, 0) is 23.6 Å². The summed E-state index contributed by atoms with van der Waals surface area (Å²) in [6.45, 7) is -0.247. The summed E-state index contributed by atoms with van der Waals surface area (Å²) in [6, 6.07) is 11.4. The number of para-hydroxylation sites is 1. The van der Waals surface area contributed by atoms with Crippen LogP contribution in [0.4, 0.5) is 10.5 Å². The van der Waals surface area contributed by atoms with Crippen molar-refractivity contribution < 1.29 is 19.2 Å². The monoisotopic (exact) mass is 500 g/mol. The van der Waals surface area contributed by atoms with Gasteiger partial charge >= 0.3 is 10.9 Å². The summed E-state index contributed by atoms with van der Waals surface area (Å²) in [4.78, 5) is 64.8. The second-order valence-corrected chi connectivity index (χ2v) is 10.5. The van der Waals surface area contributed by atoms with Crippen LogP contribution in [-0.4, -0.2) is 38.5 Å². The minimum absolute atomic E-state index is 0.247. The number of carbonyl (C=O) groups is 4. The van der Waals surface area contributed by atoms with Crippen molar-refractivity contribution in [2.24, 2.45) is 11.7 Å². The lowest BCUT2D eigenvalue weighted by molar-refractivity contribution is -0.135. The van der Waals surface area contributed by atoms with Crippen LogP contribution in [-0.2, 0) is 20.9 Å². The Labute approximate surface area is 199 Å². The van der Waals surface area contributed by atoms with E-state index >= 15 is 0 Å². The highest BCUT2D eigenvalue weighted by atomic mass is 32.2. The fourth-order valence-electron chi connectivity index (χ4n) is 4.11. The number of thiophene rings is 1. The molecule has 1 aromatic carbocycles. The van der Waals surface area contributed by atoms with E-state index in [2.05, 4.69) is 5.32 Å². The molecule has 2 aliphatic heterocycles. The fraction of sp³-hybridized carbons (Fsp3) is 0.190. The number of hydrogen-bond donors (Lipinski definition) is 2. The molecule has 5 amide bonds. The average molecular weight is 501 g/mol. The number of carbonyl (C=O) groups excluding carboxylic acids is 4. The van der Waals surface area contributed by atoms with Crippen molar-refractivity contribution in [1.82, 2.24) is 9.47 Å². The first-order valence-corrected chi connectivity index (χ1v) is 12.4. The van der Waals surface area contributed by atoms with Crippen LogP contribution in [0.15, 0.2) is 57.7 Å². The number of nitrogens with one attached hydrogen (secondary N) is 1. The molecule has 0 spiro atoms. The minimum atomic E-state index is -1.12. The SMILES string of the molecule is NC(=O)N1C(=O)C2Sc3c(sc(=O)n3CC(=O)Nc3ccccc3)[C@@H](c3cccs3)C2C1=O. The second-order valence-electron chi connectivity index (χ2n) is 7.45. The summed E-state index contributed by atoms with van der Waals surface area (Å²) in [5.41, 5.74) is 5.90. The van der Waals surface area contributed by atoms with Gasteiger partial charge in [-0.1, -0.05) is 47.4 Å². The number of aromatic nitrogens is 1. The van der Waals surface area contributed by atoms with E-state index < -0.39 is 40.8 Å². The highest BCUT2D eigenvalue weighted by Gasteiger charge is 2.58. The third-order valence-electron chi connectivity index (χ3n) is 5.48. The van der Waals surface area contributed by atoms with Crippen LogP contribution in [0.25, 0.3) is 0 Å². The zero-order valence-corrected chi connectivity index (χ0v) is 19.2. The number of amides is 5. The van der Waals surface area contributed by atoms with Gasteiger partial charge in [-0.25, -0.2) is 4.79 Å². The van der Waals surface area contributed by atoms with E-state index in [1.54, 1.807) is 24.3 Å². The standard InChI is InChI=1S/C21H16N4O5S3/c22-20(29)25-17(27)14-13(11-7-4-8-31-11)16-19(32-15(14)18(25)28)24(21(30)33-16)9-12(26)23-10-5-2-1-3-6-10/h1-8,13-15H,9H2,(H2,22,29)(H,23,26)/t13-,14?,15?/m0/s1. The van der Waals surface area contributed by atoms with E-state index in [4.69, 9.17) is 5.73 Å². The van der Waals surface area contributed by atoms with Gasteiger partial charge in [0.25, 0.3) is 5.91 Å². The number of anilines is 1. The minimum Gasteiger partial charge on any atom is -0.351 e. The number of nitrogens with two attached hydrogens (primary N) is 1. The molecule has 33 heavy (non-hydrogen) atoms. The van der Waals surface area contributed by atoms with Gasteiger partial charge in [-0.3, -0.25) is 23.7 Å². The molecule has 0 radical (unpaired) electrons. The molecule has 2 unspecified atom stereocenters. The van der Waals surface area contributed by atoms with Gasteiger partial charge in [-0.15, -0.1) is 11.3 Å². The van der Waals surface area contributed by atoms with E-state index in [0.29, 0.717) is 20.5 Å². The van der Waals surface area contributed by atoms with Gasteiger partial charge in [0.05, 0.1) is 10.9 Å². The van der Waals surface area contributed by atoms with E-state index in [0.717, 1.165) is 28.0 Å². The van der Waals surface area contributed by atoms with Crippen molar-refractivity contribution in [1.29, 1.82) is 0 Å². The Morgan fingerprint density at radius 2 is 1.79 bits per heavy atom. The van der Waals surface area contributed by atoms with Gasteiger partial charge in [0.2, 0.25) is 11.8 Å². The normalized spacial score (nSPS) is 21.6. The predicted molar refractivity (Wildman–Crippen MR) is 124 cm³/mol. The Bertz CT molecular complexity index is 1330. The summed E-state index contributed by atoms with van der Waals surface area (Å²) in [5, 5.41) is 4.13. The summed E-state index contributed by atoms with van der Waals surface area (Å²) < 4.78 is 1.32. The van der Waals surface area contributed by atoms with Crippen LogP contribution in [0.5, 0.6) is 0 Å². The molecule has 0 saturated carbocycles. The van der Waals surface area contributed by atoms with Gasteiger partial charge in [0.15, 0.2) is 0 Å². The Hall–Kier alpha value is -3.22. The Morgan fingerprint density at radius 3 is 2.45 bits per heavy atom. The van der Waals surface area contributed by atoms with Crippen LogP contribution in [0.1, 0.15) is 15.7 Å². The van der Waals surface area contributed by atoms with Crippen LogP contribution >= 0.6 is 34.4 Å². The lowest BCUT2D eigenvalue weighted by Gasteiger charge is -2.29. The molecule has 2 aromatic heterocycles. The van der Waals surface area contributed by atoms with Crippen molar-refractivity contribution in [3.8, 4) is 0 Å². The number of primary amides is 1. The second kappa shape index (κ2) is 8.28. The maximum absolute atomic E-state index is 13.0. The number of thioether (sulfide) groups is 1. The first-order valence-electron chi connectivity index (χ1n) is 9.82. The fourth-order valence-corrected chi connectivity index (χ4v) is 7.83. The molecule has 9 nitrogen and oxygen atoms in total. The van der Waals surface area contributed by atoms with Crippen molar-refractivity contribution in [2.75, 3.05) is 5.32 Å². The molecule has 1 fully saturated rings. The lowest BCUT2D eigenvalue weighted by atomic mass is 9.87. The van der Waals surface area contributed by atoms with Crippen LogP contribution in [0.2, 0.25) is 0 Å². The molecule has 3 N–H and O–H groups in total. The third kappa shape index (κ3) is 3.59. The Kier molecular flexibility index (Phi) is 5.43. The van der Waals surface area contributed by atoms with Crippen LogP contribution in [0.3, 0.4) is 0 Å². The molecule has 168 valence electrons. The third-order valence-corrected chi connectivity index (χ3v) is 9.04. The largest absolute Gasteiger partial charge is 0.351 e. The molecule has 12 heteroatoms. The van der Waals surface area contributed by atoms with E-state index in [-0.39, 0.29) is 11.4 Å². The van der Waals surface area contributed by atoms with E-state index in [1.807, 2.05) is 23.6 Å². The number of likely N-dealkylation sites (tertiary alicyclic amines) is 1. The maximum Gasteiger partial charge on any atom is 0.328 e. The number of rotatable bonds is 4. The number of nitrogens with zero attached hydrogens (tertiary/aromatic N) is 2. The average Bonchev–Trinajstić information content (AvgIpc) is 3.47. The van der Waals surface area contributed by atoms with Crippen molar-refractivity contribution >= 4 is 63.9 Å². The molecular formula is C21H16N4O5S3. The molecule has 0 aliphatic carbocycles. The van der Waals surface area contributed by atoms with Gasteiger partial charge in [0, 0.05) is 21.4 Å². The molecule has 3 aromatic rings. The number of imide groups is 3. The molecule has 1 saturated heterocycles. The summed E-state index contributed by atoms with van der Waals surface area (Å²) in [7, 11) is 0. The smallest absolute Gasteiger partial charge is 0.328 e. The zero-order chi connectivity index (χ0) is 23.3. The number of urea groups is 1. The Balaban J connectivity index is 1.55. The van der Waals surface area contributed by atoms with E-state index in [9.17, 15) is 24.0 Å². The van der Waals surface area contributed by atoms with Gasteiger partial charge in [0.1, 0.15) is 11.8 Å². The van der Waals surface area contributed by atoms with Crippen LogP contribution in [0, 0.1) is 5.92 Å². The first-order chi connectivity index (χ1) is 15.9. The highest BCUT2D eigenvalue weighted by molar-refractivity contribution is 8.00.